The molecule has 1 atom stereocenters. The molecule has 0 radical (unpaired) electrons. The normalized spacial score (nSPS) is 19.8. The Morgan fingerprint density at radius 3 is 2.76 bits per heavy atom. The molecule has 3 N–H and O–H groups in total. The summed E-state index contributed by atoms with van der Waals surface area (Å²) < 4.78 is 43.6. The Balaban J connectivity index is 2.21. The third-order valence-corrected chi connectivity index (χ3v) is 2.36. The molecule has 0 fully saturated rings. The molecule has 0 aliphatic carbocycles. The zero-order valence-electron chi connectivity index (χ0n) is 8.95. The van der Waals surface area contributed by atoms with Crippen molar-refractivity contribution in [3.05, 3.63) is 29.4 Å². The molecule has 1 unspecified atom stereocenters. The van der Waals surface area contributed by atoms with Gasteiger partial charge in [-0.2, -0.15) is 18.3 Å². The molecule has 1 aromatic heterocycles. The molecule has 17 heavy (non-hydrogen) atoms. The Kier molecular flexibility index (Phi) is 2.74. The van der Waals surface area contributed by atoms with Crippen molar-refractivity contribution in [1.82, 2.24) is 15.1 Å². The van der Waals surface area contributed by atoms with Crippen molar-refractivity contribution < 1.29 is 17.9 Å². The Hall–Kier alpha value is -1.70. The van der Waals surface area contributed by atoms with Crippen molar-refractivity contribution in [2.24, 2.45) is 12.8 Å². The van der Waals surface area contributed by atoms with Crippen LogP contribution < -0.4 is 11.1 Å². The van der Waals surface area contributed by atoms with Crippen LogP contribution in [-0.2, 0) is 18.0 Å². The fourth-order valence-electron chi connectivity index (χ4n) is 1.50. The van der Waals surface area contributed by atoms with E-state index in [1.165, 1.54) is 13.3 Å². The van der Waals surface area contributed by atoms with Crippen molar-refractivity contribution in [1.29, 1.82) is 0 Å². The van der Waals surface area contributed by atoms with Crippen LogP contribution in [0.3, 0.4) is 0 Å². The molecule has 2 rings (SSSR count). The van der Waals surface area contributed by atoms with E-state index in [4.69, 9.17) is 10.5 Å². The molecule has 2 heterocycles. The highest BCUT2D eigenvalue weighted by molar-refractivity contribution is 5.18. The lowest BCUT2D eigenvalue weighted by atomic mass is 10.3. The summed E-state index contributed by atoms with van der Waals surface area (Å²) in [5.74, 6) is 0. The van der Waals surface area contributed by atoms with Crippen LogP contribution in [0, 0.1) is 0 Å². The molecule has 0 saturated carbocycles. The standard InChI is InChI=1S/C9H11F3N4O/c1-16-6(2-7(15-16)9(10,11)12)8-14-5(3-13)4-17-8/h2,4,8,14H,3,13H2,1H3. The van der Waals surface area contributed by atoms with Crippen LogP contribution in [0.15, 0.2) is 18.0 Å². The van der Waals surface area contributed by atoms with Gasteiger partial charge in [-0.25, -0.2) is 0 Å². The van der Waals surface area contributed by atoms with Crippen LogP contribution in [0.1, 0.15) is 17.6 Å². The number of aromatic nitrogens is 2. The number of nitrogens with two attached hydrogens (primary N) is 1. The predicted octanol–water partition coefficient (Wildman–Crippen LogP) is 0.857. The zero-order chi connectivity index (χ0) is 12.6. The van der Waals surface area contributed by atoms with Crippen molar-refractivity contribution in [2.75, 3.05) is 6.54 Å². The summed E-state index contributed by atoms with van der Waals surface area (Å²) in [5, 5.41) is 6.24. The van der Waals surface area contributed by atoms with Crippen LogP contribution in [0.2, 0.25) is 0 Å². The highest BCUT2D eigenvalue weighted by Crippen LogP contribution is 2.31. The molecule has 1 aliphatic rings. The minimum absolute atomic E-state index is 0.237. The molecular formula is C9H11F3N4O. The fraction of sp³-hybridized carbons (Fsp3) is 0.444. The summed E-state index contributed by atoms with van der Waals surface area (Å²) >= 11 is 0. The van der Waals surface area contributed by atoms with Gasteiger partial charge in [0.05, 0.1) is 11.4 Å². The van der Waals surface area contributed by atoms with Crippen molar-refractivity contribution >= 4 is 0 Å². The summed E-state index contributed by atoms with van der Waals surface area (Å²) in [6.45, 7) is 0.237. The molecule has 0 aromatic carbocycles. The van der Waals surface area contributed by atoms with E-state index in [-0.39, 0.29) is 12.2 Å². The molecule has 0 spiro atoms. The van der Waals surface area contributed by atoms with Gasteiger partial charge in [0.15, 0.2) is 5.69 Å². The molecule has 94 valence electrons. The van der Waals surface area contributed by atoms with Crippen molar-refractivity contribution in [3.8, 4) is 0 Å². The van der Waals surface area contributed by atoms with E-state index < -0.39 is 18.1 Å². The number of nitrogens with one attached hydrogen (secondary N) is 1. The van der Waals surface area contributed by atoms with Gasteiger partial charge in [0.2, 0.25) is 6.23 Å². The van der Waals surface area contributed by atoms with Gasteiger partial charge in [0.1, 0.15) is 6.26 Å². The van der Waals surface area contributed by atoms with E-state index in [2.05, 4.69) is 10.4 Å². The second-order valence-corrected chi connectivity index (χ2v) is 3.58. The molecule has 1 aromatic rings. The van der Waals surface area contributed by atoms with Gasteiger partial charge >= 0.3 is 6.18 Å². The van der Waals surface area contributed by atoms with Gasteiger partial charge < -0.3 is 15.8 Å². The molecule has 5 nitrogen and oxygen atoms in total. The topological polar surface area (TPSA) is 65.1 Å². The summed E-state index contributed by atoms with van der Waals surface area (Å²) in [7, 11) is 1.43. The third-order valence-electron chi connectivity index (χ3n) is 2.36. The van der Waals surface area contributed by atoms with Crippen LogP contribution in [0.4, 0.5) is 13.2 Å². The Morgan fingerprint density at radius 1 is 1.59 bits per heavy atom. The van der Waals surface area contributed by atoms with Gasteiger partial charge in [-0.1, -0.05) is 0 Å². The van der Waals surface area contributed by atoms with Gasteiger partial charge in [-0.15, -0.1) is 0 Å². The van der Waals surface area contributed by atoms with E-state index in [9.17, 15) is 13.2 Å². The maximum absolute atomic E-state index is 12.4. The van der Waals surface area contributed by atoms with Crippen LogP contribution in [0.25, 0.3) is 0 Å². The van der Waals surface area contributed by atoms with Crippen molar-refractivity contribution in [3.63, 3.8) is 0 Å². The van der Waals surface area contributed by atoms with Crippen LogP contribution >= 0.6 is 0 Å². The van der Waals surface area contributed by atoms with E-state index in [1.54, 1.807) is 0 Å². The second kappa shape index (κ2) is 3.95. The summed E-state index contributed by atoms with van der Waals surface area (Å²) in [6.07, 6.45) is -3.74. The minimum atomic E-state index is -4.46. The highest BCUT2D eigenvalue weighted by atomic mass is 19.4. The first-order valence-electron chi connectivity index (χ1n) is 4.84. The molecule has 8 heteroatoms. The van der Waals surface area contributed by atoms with Gasteiger partial charge in [0, 0.05) is 13.6 Å². The predicted molar refractivity (Wildman–Crippen MR) is 52.3 cm³/mol. The van der Waals surface area contributed by atoms with Gasteiger partial charge in [-0.3, -0.25) is 4.68 Å². The highest BCUT2D eigenvalue weighted by Gasteiger charge is 2.36. The average Bonchev–Trinajstić information content (AvgIpc) is 2.82. The lowest BCUT2D eigenvalue weighted by Crippen LogP contribution is -2.22. The van der Waals surface area contributed by atoms with E-state index in [0.29, 0.717) is 5.70 Å². The van der Waals surface area contributed by atoms with E-state index in [0.717, 1.165) is 10.7 Å². The molecule has 0 amide bonds. The minimum Gasteiger partial charge on any atom is -0.471 e. The first-order valence-corrected chi connectivity index (χ1v) is 4.84. The lowest BCUT2D eigenvalue weighted by Gasteiger charge is -2.12. The Bertz CT molecular complexity index is 452. The van der Waals surface area contributed by atoms with Crippen LogP contribution in [-0.4, -0.2) is 16.3 Å². The van der Waals surface area contributed by atoms with Crippen LogP contribution in [0.5, 0.6) is 0 Å². The number of hydrogen-bond acceptors (Lipinski definition) is 4. The molecular weight excluding hydrogens is 237 g/mol. The zero-order valence-corrected chi connectivity index (χ0v) is 8.95. The number of rotatable bonds is 2. The smallest absolute Gasteiger partial charge is 0.435 e. The molecule has 1 aliphatic heterocycles. The maximum atomic E-state index is 12.4. The number of alkyl halides is 3. The number of aryl methyl sites for hydroxylation is 1. The second-order valence-electron chi connectivity index (χ2n) is 3.58. The first-order chi connectivity index (χ1) is 7.91. The number of hydrogen-bond donors (Lipinski definition) is 2. The first kappa shape index (κ1) is 11.8. The SMILES string of the molecule is Cn1nc(C(F)(F)F)cc1C1NC(CN)=CO1. The molecule has 0 bridgehead atoms. The summed E-state index contributed by atoms with van der Waals surface area (Å²) in [4.78, 5) is 0. The summed E-state index contributed by atoms with van der Waals surface area (Å²) in [6, 6.07) is 0.949. The Morgan fingerprint density at radius 2 is 2.29 bits per heavy atom. The maximum Gasteiger partial charge on any atom is 0.435 e. The monoisotopic (exact) mass is 248 g/mol. The quantitative estimate of drug-likeness (QED) is 0.814. The molecule has 0 saturated heterocycles. The number of halogens is 3. The Labute approximate surface area is 95.0 Å². The number of ether oxygens (including phenoxy) is 1. The summed E-state index contributed by atoms with van der Waals surface area (Å²) in [5.41, 5.74) is 5.35. The van der Waals surface area contributed by atoms with E-state index in [1.807, 2.05) is 0 Å². The largest absolute Gasteiger partial charge is 0.471 e. The fourth-order valence-corrected chi connectivity index (χ4v) is 1.50. The third kappa shape index (κ3) is 2.21. The van der Waals surface area contributed by atoms with E-state index >= 15 is 0 Å². The number of nitrogens with zero attached hydrogens (tertiary/aromatic N) is 2. The lowest BCUT2D eigenvalue weighted by molar-refractivity contribution is -0.141. The average molecular weight is 248 g/mol. The van der Waals surface area contributed by atoms with Gasteiger partial charge in [-0.05, 0) is 6.07 Å². The van der Waals surface area contributed by atoms with Crippen molar-refractivity contribution in [2.45, 2.75) is 12.4 Å². The van der Waals surface area contributed by atoms with Gasteiger partial charge in [0.25, 0.3) is 0 Å².